The molecule has 0 aromatic rings. The zero-order valence-corrected chi connectivity index (χ0v) is 14.7. The Morgan fingerprint density at radius 1 is 1.35 bits per heavy atom. The third-order valence-corrected chi connectivity index (χ3v) is 3.73. The van der Waals surface area contributed by atoms with E-state index in [0.717, 1.165) is 38.3 Å². The van der Waals surface area contributed by atoms with Gasteiger partial charge in [-0.05, 0) is 26.2 Å². The minimum absolute atomic E-state index is 0.0559. The fourth-order valence-corrected chi connectivity index (χ4v) is 2.57. The molecule has 1 atom stereocenters. The van der Waals surface area contributed by atoms with Crippen molar-refractivity contribution in [1.29, 1.82) is 0 Å². The number of ether oxygens (including phenoxy) is 3. The third-order valence-electron chi connectivity index (χ3n) is 3.73. The summed E-state index contributed by atoms with van der Waals surface area (Å²) in [6.07, 6.45) is 2.77. The lowest BCUT2D eigenvalue weighted by atomic mass is 9.98. The van der Waals surface area contributed by atoms with Gasteiger partial charge in [0.25, 0.3) is 0 Å². The van der Waals surface area contributed by atoms with Crippen molar-refractivity contribution >= 4 is 11.9 Å². The molecule has 0 spiro atoms. The van der Waals surface area contributed by atoms with E-state index in [2.05, 4.69) is 15.2 Å². The molecule has 1 aliphatic heterocycles. The van der Waals surface area contributed by atoms with Crippen LogP contribution in [-0.2, 0) is 19.0 Å². The van der Waals surface area contributed by atoms with Gasteiger partial charge in [-0.3, -0.25) is 9.79 Å². The Balaban J connectivity index is 2.29. The van der Waals surface area contributed by atoms with Crippen LogP contribution >= 0.6 is 0 Å². The smallest absolute Gasteiger partial charge is 0.310 e. The molecule has 7 heteroatoms. The average Bonchev–Trinajstić information content (AvgIpc) is 2.58. The molecule has 1 saturated heterocycles. The Kier molecular flexibility index (Phi) is 10.4. The van der Waals surface area contributed by atoms with Crippen LogP contribution in [0.2, 0.25) is 0 Å². The van der Waals surface area contributed by atoms with Crippen LogP contribution in [0.15, 0.2) is 4.99 Å². The van der Waals surface area contributed by atoms with E-state index in [1.165, 1.54) is 0 Å². The summed E-state index contributed by atoms with van der Waals surface area (Å²) in [5.41, 5.74) is 0. The lowest BCUT2D eigenvalue weighted by molar-refractivity contribution is -0.149. The number of carbonyl (C=O) groups is 1. The number of likely N-dealkylation sites (tertiary alicyclic amines) is 1. The highest BCUT2D eigenvalue weighted by molar-refractivity contribution is 5.81. The van der Waals surface area contributed by atoms with Gasteiger partial charge in [-0.2, -0.15) is 0 Å². The van der Waals surface area contributed by atoms with Crippen LogP contribution in [0.4, 0.5) is 0 Å². The van der Waals surface area contributed by atoms with Gasteiger partial charge in [-0.25, -0.2) is 0 Å². The van der Waals surface area contributed by atoms with Crippen LogP contribution < -0.4 is 5.32 Å². The molecule has 23 heavy (non-hydrogen) atoms. The zero-order valence-electron chi connectivity index (χ0n) is 14.7. The molecule has 0 radical (unpaired) electrons. The average molecular weight is 329 g/mol. The number of carbonyl (C=O) groups excluding carboxylic acids is 1. The van der Waals surface area contributed by atoms with E-state index in [4.69, 9.17) is 14.2 Å². The molecule has 0 unspecified atom stereocenters. The highest BCUT2D eigenvalue weighted by Crippen LogP contribution is 2.18. The fourth-order valence-electron chi connectivity index (χ4n) is 2.57. The standard InChI is InChI=1S/C16H31N3O4/c1-4-23-15(20)14-7-5-9-19(13-14)16(17-2)18-8-6-10-22-12-11-21-3/h14H,4-13H2,1-3H3,(H,17,18)/t14-/m1/s1. The van der Waals surface area contributed by atoms with Gasteiger partial charge in [0.15, 0.2) is 5.96 Å². The van der Waals surface area contributed by atoms with Gasteiger partial charge < -0.3 is 24.4 Å². The molecule has 0 bridgehead atoms. The normalized spacial score (nSPS) is 18.8. The van der Waals surface area contributed by atoms with E-state index >= 15 is 0 Å². The summed E-state index contributed by atoms with van der Waals surface area (Å²) in [6.45, 7) is 6.59. The van der Waals surface area contributed by atoms with Gasteiger partial charge in [-0.15, -0.1) is 0 Å². The summed E-state index contributed by atoms with van der Waals surface area (Å²) in [5, 5.41) is 3.33. The number of guanidine groups is 1. The molecule has 0 saturated carbocycles. The molecule has 1 fully saturated rings. The summed E-state index contributed by atoms with van der Waals surface area (Å²) in [5.74, 6) is 0.690. The van der Waals surface area contributed by atoms with Crippen LogP contribution in [0, 0.1) is 5.92 Å². The molecule has 0 amide bonds. The first kappa shape index (κ1) is 19.7. The molecule has 1 aliphatic rings. The van der Waals surface area contributed by atoms with E-state index < -0.39 is 0 Å². The van der Waals surface area contributed by atoms with Crippen molar-refractivity contribution in [1.82, 2.24) is 10.2 Å². The van der Waals surface area contributed by atoms with Crippen LogP contribution in [0.1, 0.15) is 26.2 Å². The number of hydrogen-bond acceptors (Lipinski definition) is 5. The molecule has 0 aliphatic carbocycles. The maximum atomic E-state index is 11.9. The Morgan fingerprint density at radius 2 is 2.17 bits per heavy atom. The molecular formula is C16H31N3O4. The number of esters is 1. The van der Waals surface area contributed by atoms with Crippen molar-refractivity contribution in [3.8, 4) is 0 Å². The Hall–Kier alpha value is -1.34. The number of rotatable bonds is 9. The van der Waals surface area contributed by atoms with Gasteiger partial charge in [0, 0.05) is 40.4 Å². The van der Waals surface area contributed by atoms with Gasteiger partial charge in [0.2, 0.25) is 0 Å². The predicted octanol–water partition coefficient (Wildman–Crippen LogP) is 0.890. The van der Waals surface area contributed by atoms with Crippen LogP contribution in [0.5, 0.6) is 0 Å². The highest BCUT2D eigenvalue weighted by Gasteiger charge is 2.28. The number of aliphatic imine (C=N–C) groups is 1. The third kappa shape index (κ3) is 7.65. The molecule has 134 valence electrons. The number of nitrogens with zero attached hydrogens (tertiary/aromatic N) is 2. The summed E-state index contributed by atoms with van der Waals surface area (Å²) in [6, 6.07) is 0. The fraction of sp³-hybridized carbons (Fsp3) is 0.875. The minimum atomic E-state index is -0.0980. The second-order valence-corrected chi connectivity index (χ2v) is 5.47. The zero-order chi connectivity index (χ0) is 16.9. The van der Waals surface area contributed by atoms with Crippen LogP contribution in [0.25, 0.3) is 0 Å². The molecule has 1 rings (SSSR count). The van der Waals surface area contributed by atoms with E-state index in [1.807, 2.05) is 6.92 Å². The number of piperidine rings is 1. The monoisotopic (exact) mass is 329 g/mol. The largest absolute Gasteiger partial charge is 0.466 e. The van der Waals surface area contributed by atoms with Crippen molar-refractivity contribution in [3.05, 3.63) is 0 Å². The van der Waals surface area contributed by atoms with Gasteiger partial charge >= 0.3 is 5.97 Å². The van der Waals surface area contributed by atoms with Crippen molar-refractivity contribution in [2.24, 2.45) is 10.9 Å². The molecule has 0 aromatic heterocycles. The summed E-state index contributed by atoms with van der Waals surface area (Å²) in [7, 11) is 3.43. The second-order valence-electron chi connectivity index (χ2n) is 5.47. The van der Waals surface area contributed by atoms with E-state index in [9.17, 15) is 4.79 Å². The van der Waals surface area contributed by atoms with Gasteiger partial charge in [0.1, 0.15) is 0 Å². The Bertz CT molecular complexity index is 363. The second kappa shape index (κ2) is 12.1. The van der Waals surface area contributed by atoms with Crippen LogP contribution in [0.3, 0.4) is 0 Å². The number of nitrogens with one attached hydrogen (secondary N) is 1. The highest BCUT2D eigenvalue weighted by atomic mass is 16.5. The summed E-state index contributed by atoms with van der Waals surface area (Å²) < 4.78 is 15.5. The Morgan fingerprint density at radius 3 is 2.87 bits per heavy atom. The Labute approximate surface area is 139 Å². The maximum absolute atomic E-state index is 11.9. The van der Waals surface area contributed by atoms with Crippen molar-refractivity contribution < 1.29 is 19.0 Å². The van der Waals surface area contributed by atoms with Crippen LogP contribution in [-0.4, -0.2) is 77.0 Å². The van der Waals surface area contributed by atoms with E-state index in [1.54, 1.807) is 14.2 Å². The number of hydrogen-bond donors (Lipinski definition) is 1. The van der Waals surface area contributed by atoms with Crippen molar-refractivity contribution in [2.45, 2.75) is 26.2 Å². The predicted molar refractivity (Wildman–Crippen MR) is 89.6 cm³/mol. The van der Waals surface area contributed by atoms with E-state index in [0.29, 0.717) is 33.0 Å². The first-order valence-corrected chi connectivity index (χ1v) is 8.41. The van der Waals surface area contributed by atoms with Gasteiger partial charge in [0.05, 0.1) is 25.7 Å². The lowest BCUT2D eigenvalue weighted by Crippen LogP contribution is -2.48. The lowest BCUT2D eigenvalue weighted by Gasteiger charge is -2.33. The molecule has 1 heterocycles. The van der Waals surface area contributed by atoms with Crippen molar-refractivity contribution in [3.63, 3.8) is 0 Å². The van der Waals surface area contributed by atoms with Crippen molar-refractivity contribution in [2.75, 3.05) is 60.2 Å². The number of methoxy groups -OCH3 is 1. The SMILES string of the molecule is CCOC(=O)[C@@H]1CCCN(C(=NC)NCCCOCCOC)C1. The molecule has 0 aromatic carbocycles. The summed E-state index contributed by atoms with van der Waals surface area (Å²) >= 11 is 0. The topological polar surface area (TPSA) is 72.4 Å². The molecular weight excluding hydrogens is 298 g/mol. The van der Waals surface area contributed by atoms with E-state index in [-0.39, 0.29) is 11.9 Å². The molecule has 7 nitrogen and oxygen atoms in total. The summed E-state index contributed by atoms with van der Waals surface area (Å²) in [4.78, 5) is 18.4. The maximum Gasteiger partial charge on any atom is 0.310 e. The first-order chi connectivity index (χ1) is 11.2. The quantitative estimate of drug-likeness (QED) is 0.293. The van der Waals surface area contributed by atoms with Gasteiger partial charge in [-0.1, -0.05) is 0 Å². The first-order valence-electron chi connectivity index (χ1n) is 8.41. The minimum Gasteiger partial charge on any atom is -0.466 e. The molecule has 1 N–H and O–H groups in total.